The van der Waals surface area contributed by atoms with E-state index < -0.39 is 9.05 Å². The first-order valence-corrected chi connectivity index (χ1v) is 21.0. The summed E-state index contributed by atoms with van der Waals surface area (Å²) in [5.41, 5.74) is 1.55. The van der Waals surface area contributed by atoms with Gasteiger partial charge in [0.25, 0.3) is 0 Å². The van der Waals surface area contributed by atoms with Gasteiger partial charge in [-0.1, -0.05) is 83.1 Å². The second kappa shape index (κ2) is 9.23. The standard InChI is InChI=1S/C40H68O4Si/c1-33(2)25-13-17-37(33,9)29(21-25)41-45(42-30-22-26-14-18-38(30,10)34(26,3)4,43-31-23-27-15-19-39(31,11)35(27,5)6)44-32-24-28-16-20-40(32,12)36(28,7)8/h25-32H,13-24H2,1-12H3. The highest BCUT2D eigenvalue weighted by atomic mass is 28.4. The van der Waals surface area contributed by atoms with Crippen LogP contribution in [0.25, 0.3) is 0 Å². The minimum atomic E-state index is -3.64. The van der Waals surface area contributed by atoms with Crippen LogP contribution in [0.1, 0.15) is 160 Å². The molecule has 0 aromatic carbocycles. The molecule has 8 aliphatic rings. The third-order valence-electron chi connectivity index (χ3n) is 20.0. The molecular weight excluding hydrogens is 573 g/mol. The molecule has 12 unspecified atom stereocenters. The van der Waals surface area contributed by atoms with Crippen molar-refractivity contribution in [2.45, 2.75) is 185 Å². The summed E-state index contributed by atoms with van der Waals surface area (Å²) in [6, 6.07) is 0. The minimum absolute atomic E-state index is 0.125. The third-order valence-corrected chi connectivity index (χ3v) is 22.3. The summed E-state index contributed by atoms with van der Waals surface area (Å²) >= 11 is 0. The van der Waals surface area contributed by atoms with Crippen molar-refractivity contribution >= 4 is 9.05 Å². The van der Waals surface area contributed by atoms with E-state index in [-0.39, 0.29) is 67.7 Å². The lowest BCUT2D eigenvalue weighted by atomic mass is 9.70. The largest absolute Gasteiger partial charge is 0.680 e. The van der Waals surface area contributed by atoms with Crippen molar-refractivity contribution in [3.05, 3.63) is 0 Å². The molecular formula is C40H68O4Si. The van der Waals surface area contributed by atoms with Crippen molar-refractivity contribution in [3.8, 4) is 0 Å². The lowest BCUT2D eigenvalue weighted by molar-refractivity contribution is -0.168. The van der Waals surface area contributed by atoms with Crippen LogP contribution in [-0.2, 0) is 17.7 Å². The van der Waals surface area contributed by atoms with E-state index in [1.54, 1.807) is 0 Å². The minimum Gasteiger partial charge on any atom is -0.347 e. The first-order chi connectivity index (χ1) is 20.7. The maximum atomic E-state index is 7.79. The molecule has 0 aromatic rings. The number of hydrogen-bond acceptors (Lipinski definition) is 4. The molecule has 0 aliphatic heterocycles. The van der Waals surface area contributed by atoms with Gasteiger partial charge in [-0.15, -0.1) is 0 Å². The zero-order chi connectivity index (χ0) is 32.4. The van der Waals surface area contributed by atoms with Crippen LogP contribution in [0.5, 0.6) is 0 Å². The van der Waals surface area contributed by atoms with E-state index >= 15 is 0 Å². The summed E-state index contributed by atoms with van der Waals surface area (Å²) in [6.07, 6.45) is 15.3. The molecule has 0 saturated heterocycles. The van der Waals surface area contributed by atoms with Crippen LogP contribution in [-0.4, -0.2) is 33.5 Å². The summed E-state index contributed by atoms with van der Waals surface area (Å²) in [5.74, 6) is 2.82. The van der Waals surface area contributed by atoms with E-state index in [0.717, 1.165) is 25.7 Å². The Kier molecular flexibility index (Phi) is 6.62. The average Bonchev–Trinajstić information content (AvgIpc) is 3.68. The van der Waals surface area contributed by atoms with Crippen LogP contribution in [0.15, 0.2) is 0 Å². The highest BCUT2D eigenvalue weighted by molar-refractivity contribution is 6.53. The number of hydrogen-bond donors (Lipinski definition) is 0. The van der Waals surface area contributed by atoms with E-state index in [2.05, 4.69) is 83.1 Å². The molecule has 8 fully saturated rings. The van der Waals surface area contributed by atoms with Crippen molar-refractivity contribution in [1.29, 1.82) is 0 Å². The van der Waals surface area contributed by atoms with E-state index in [4.69, 9.17) is 17.7 Å². The molecule has 5 heteroatoms. The summed E-state index contributed by atoms with van der Waals surface area (Å²) in [6.45, 7) is 30.2. The Morgan fingerprint density at radius 1 is 0.356 bits per heavy atom. The highest BCUT2D eigenvalue weighted by Crippen LogP contribution is 2.71. The van der Waals surface area contributed by atoms with Gasteiger partial charge in [0.1, 0.15) is 0 Å². The van der Waals surface area contributed by atoms with Crippen molar-refractivity contribution in [2.24, 2.45) is 67.0 Å². The van der Waals surface area contributed by atoms with Crippen LogP contribution < -0.4 is 0 Å². The second-order valence-electron chi connectivity index (χ2n) is 21.4. The first-order valence-electron chi connectivity index (χ1n) is 19.4. The molecule has 45 heavy (non-hydrogen) atoms. The van der Waals surface area contributed by atoms with E-state index in [1.807, 2.05) is 0 Å². The normalized spacial score (nSPS) is 55.2. The Balaban J connectivity index is 1.22. The van der Waals surface area contributed by atoms with Gasteiger partial charge in [0.15, 0.2) is 0 Å². The smallest absolute Gasteiger partial charge is 0.347 e. The maximum absolute atomic E-state index is 7.79. The predicted octanol–water partition coefficient (Wildman–Crippen LogP) is 10.3. The van der Waals surface area contributed by atoms with Crippen molar-refractivity contribution in [3.63, 3.8) is 0 Å². The molecule has 0 spiro atoms. The quantitative estimate of drug-likeness (QED) is 0.247. The van der Waals surface area contributed by atoms with Gasteiger partial charge in [-0.05, 0) is 144 Å². The lowest BCUT2D eigenvalue weighted by Crippen LogP contribution is -2.62. The van der Waals surface area contributed by atoms with Crippen LogP contribution in [0.2, 0.25) is 0 Å². The first kappa shape index (κ1) is 32.3. The van der Waals surface area contributed by atoms with E-state index in [1.165, 1.54) is 51.4 Å². The van der Waals surface area contributed by atoms with Gasteiger partial charge in [-0.2, -0.15) is 0 Å². The molecule has 12 atom stereocenters. The zero-order valence-corrected chi connectivity index (χ0v) is 32.2. The predicted molar refractivity (Wildman–Crippen MR) is 182 cm³/mol. The Morgan fingerprint density at radius 2 is 0.556 bits per heavy atom. The Morgan fingerprint density at radius 3 is 0.689 bits per heavy atom. The van der Waals surface area contributed by atoms with E-state index in [9.17, 15) is 0 Å². The fourth-order valence-corrected chi connectivity index (χ4v) is 17.3. The van der Waals surface area contributed by atoms with Crippen molar-refractivity contribution in [2.75, 3.05) is 0 Å². The number of rotatable bonds is 8. The van der Waals surface area contributed by atoms with Crippen molar-refractivity contribution < 1.29 is 17.7 Å². The van der Waals surface area contributed by atoms with Gasteiger partial charge in [-0.25, -0.2) is 0 Å². The molecule has 8 saturated carbocycles. The van der Waals surface area contributed by atoms with Crippen LogP contribution >= 0.6 is 0 Å². The molecule has 0 aromatic heterocycles. The maximum Gasteiger partial charge on any atom is 0.680 e. The average molecular weight is 641 g/mol. The van der Waals surface area contributed by atoms with Gasteiger partial charge in [0, 0.05) is 0 Å². The Hall–Kier alpha value is 0.0569. The fraction of sp³-hybridized carbons (Fsp3) is 1.00. The molecule has 8 bridgehead atoms. The van der Waals surface area contributed by atoms with Gasteiger partial charge in [-0.3, -0.25) is 0 Å². The van der Waals surface area contributed by atoms with Crippen LogP contribution in [0.4, 0.5) is 0 Å². The Bertz CT molecular complexity index is 1050. The molecule has 0 N–H and O–H groups in total. The molecule has 0 amide bonds. The van der Waals surface area contributed by atoms with Crippen LogP contribution in [0.3, 0.4) is 0 Å². The summed E-state index contributed by atoms with van der Waals surface area (Å²) in [7, 11) is -3.64. The SMILES string of the molecule is CC1(C)C2CCC1(C)C(O[Si](OC1CC3CCC1(C)C3(C)C)(OC1CC3CCC1(C)C3(C)C)OC1CC3CCC1(C)C3(C)C)C2. The molecule has 8 aliphatic carbocycles. The molecule has 256 valence electrons. The lowest BCUT2D eigenvalue weighted by Gasteiger charge is -2.49. The number of fused-ring (bicyclic) bond motifs is 8. The van der Waals surface area contributed by atoms with Gasteiger partial charge < -0.3 is 17.7 Å². The second-order valence-corrected chi connectivity index (χ2v) is 23.3. The summed E-state index contributed by atoms with van der Waals surface area (Å²) in [4.78, 5) is 0. The monoisotopic (exact) mass is 640 g/mol. The summed E-state index contributed by atoms with van der Waals surface area (Å²) in [5, 5.41) is 0. The summed E-state index contributed by atoms with van der Waals surface area (Å²) < 4.78 is 31.2. The topological polar surface area (TPSA) is 36.9 Å². The third kappa shape index (κ3) is 3.76. The highest BCUT2D eigenvalue weighted by Gasteiger charge is 2.73. The van der Waals surface area contributed by atoms with Crippen LogP contribution in [0, 0.1) is 67.0 Å². The molecule has 0 radical (unpaired) electrons. The van der Waals surface area contributed by atoms with Crippen molar-refractivity contribution in [1.82, 2.24) is 0 Å². The van der Waals surface area contributed by atoms with Gasteiger partial charge >= 0.3 is 9.05 Å². The Labute approximate surface area is 277 Å². The molecule has 8 rings (SSSR count). The fourth-order valence-electron chi connectivity index (χ4n) is 14.1. The van der Waals surface area contributed by atoms with Gasteiger partial charge in [0.05, 0.1) is 24.4 Å². The molecule has 0 heterocycles. The zero-order valence-electron chi connectivity index (χ0n) is 31.2. The molecule has 4 nitrogen and oxygen atoms in total. The van der Waals surface area contributed by atoms with E-state index in [0.29, 0.717) is 23.7 Å². The van der Waals surface area contributed by atoms with Gasteiger partial charge in [0.2, 0.25) is 0 Å².